The lowest BCUT2D eigenvalue weighted by Crippen LogP contribution is -2.37. The van der Waals surface area contributed by atoms with Gasteiger partial charge in [0.15, 0.2) is 11.5 Å². The van der Waals surface area contributed by atoms with Gasteiger partial charge in [0.25, 0.3) is 5.91 Å². The van der Waals surface area contributed by atoms with Gasteiger partial charge in [-0.05, 0) is 31.2 Å². The van der Waals surface area contributed by atoms with Crippen LogP contribution in [0.3, 0.4) is 0 Å². The molecule has 3 heterocycles. The molecular weight excluding hydrogens is 282 g/mol. The van der Waals surface area contributed by atoms with Crippen LogP contribution in [0, 0.1) is 6.92 Å². The third-order valence-corrected chi connectivity index (χ3v) is 3.35. The Bertz CT molecular complexity index is 653. The maximum atomic E-state index is 12.1. The molecule has 0 radical (unpaired) electrons. The van der Waals surface area contributed by atoms with Gasteiger partial charge in [0.2, 0.25) is 0 Å². The number of nitrogens with zero attached hydrogens (tertiary/aromatic N) is 4. The zero-order chi connectivity index (χ0) is 15.4. The maximum Gasteiger partial charge on any atom is 0.277 e. The predicted octanol–water partition coefficient (Wildman–Crippen LogP) is 1.27. The SMILES string of the molecule is Cc1cccc(NC(=O)c2ccc(N3CCOCC3)nn2)n1. The van der Waals surface area contributed by atoms with E-state index in [2.05, 4.69) is 25.4 Å². The normalized spacial score (nSPS) is 14.7. The fraction of sp³-hybridized carbons (Fsp3) is 0.333. The highest BCUT2D eigenvalue weighted by Gasteiger charge is 2.14. The first-order chi connectivity index (χ1) is 10.7. The summed E-state index contributed by atoms with van der Waals surface area (Å²) in [7, 11) is 0. The number of ether oxygens (including phenoxy) is 1. The molecule has 0 unspecified atom stereocenters. The van der Waals surface area contributed by atoms with Crippen molar-refractivity contribution in [2.75, 3.05) is 36.5 Å². The quantitative estimate of drug-likeness (QED) is 0.919. The lowest BCUT2D eigenvalue weighted by atomic mass is 10.3. The van der Waals surface area contributed by atoms with Crippen LogP contribution in [0.1, 0.15) is 16.2 Å². The van der Waals surface area contributed by atoms with E-state index < -0.39 is 0 Å². The third-order valence-electron chi connectivity index (χ3n) is 3.35. The van der Waals surface area contributed by atoms with Crippen LogP contribution in [0.15, 0.2) is 30.3 Å². The summed E-state index contributed by atoms with van der Waals surface area (Å²) >= 11 is 0. The van der Waals surface area contributed by atoms with Gasteiger partial charge >= 0.3 is 0 Å². The second-order valence-corrected chi connectivity index (χ2v) is 4.99. The van der Waals surface area contributed by atoms with Gasteiger partial charge in [-0.2, -0.15) is 0 Å². The third kappa shape index (κ3) is 3.37. The van der Waals surface area contributed by atoms with Crippen LogP contribution in [0.25, 0.3) is 0 Å². The van der Waals surface area contributed by atoms with Crippen molar-refractivity contribution < 1.29 is 9.53 Å². The van der Waals surface area contributed by atoms with Crippen LogP contribution in [0.2, 0.25) is 0 Å². The second-order valence-electron chi connectivity index (χ2n) is 4.99. The number of pyridine rings is 1. The number of amides is 1. The molecule has 1 amide bonds. The molecule has 1 saturated heterocycles. The minimum absolute atomic E-state index is 0.264. The highest BCUT2D eigenvalue weighted by atomic mass is 16.5. The number of aromatic nitrogens is 3. The summed E-state index contributed by atoms with van der Waals surface area (Å²) in [5.41, 5.74) is 1.10. The Morgan fingerprint density at radius 1 is 1.18 bits per heavy atom. The van der Waals surface area contributed by atoms with Gasteiger partial charge in [0, 0.05) is 18.8 Å². The smallest absolute Gasteiger partial charge is 0.277 e. The Morgan fingerprint density at radius 3 is 2.68 bits per heavy atom. The molecule has 22 heavy (non-hydrogen) atoms. The van der Waals surface area contributed by atoms with Crippen molar-refractivity contribution in [2.24, 2.45) is 0 Å². The van der Waals surface area contributed by atoms with Gasteiger partial charge in [-0.1, -0.05) is 6.07 Å². The lowest BCUT2D eigenvalue weighted by Gasteiger charge is -2.27. The monoisotopic (exact) mass is 299 g/mol. The molecule has 3 rings (SSSR count). The zero-order valence-electron chi connectivity index (χ0n) is 12.3. The summed E-state index contributed by atoms with van der Waals surface area (Å²) in [6.45, 7) is 4.80. The summed E-state index contributed by atoms with van der Waals surface area (Å²) in [4.78, 5) is 18.4. The van der Waals surface area contributed by atoms with Gasteiger partial charge in [-0.15, -0.1) is 10.2 Å². The molecule has 2 aromatic rings. The largest absolute Gasteiger partial charge is 0.378 e. The minimum atomic E-state index is -0.320. The van der Waals surface area contributed by atoms with E-state index in [1.165, 1.54) is 0 Å². The molecule has 0 bridgehead atoms. The summed E-state index contributed by atoms with van der Waals surface area (Å²) in [5, 5.41) is 10.8. The average Bonchev–Trinajstić information content (AvgIpc) is 2.56. The van der Waals surface area contributed by atoms with Gasteiger partial charge in [-0.3, -0.25) is 4.79 Å². The lowest BCUT2D eigenvalue weighted by molar-refractivity contribution is 0.102. The molecule has 0 atom stereocenters. The van der Waals surface area contributed by atoms with E-state index in [1.807, 2.05) is 19.1 Å². The van der Waals surface area contributed by atoms with Gasteiger partial charge in [-0.25, -0.2) is 4.98 Å². The van der Waals surface area contributed by atoms with Crippen molar-refractivity contribution in [3.63, 3.8) is 0 Å². The second kappa shape index (κ2) is 6.48. The van der Waals surface area contributed by atoms with Crippen molar-refractivity contribution >= 4 is 17.5 Å². The predicted molar refractivity (Wildman–Crippen MR) is 82.0 cm³/mol. The number of carbonyl (C=O) groups is 1. The van der Waals surface area contributed by atoms with E-state index in [0.717, 1.165) is 24.6 Å². The molecule has 1 aliphatic rings. The molecule has 0 saturated carbocycles. The number of hydrogen-bond acceptors (Lipinski definition) is 6. The number of rotatable bonds is 3. The Hall–Kier alpha value is -2.54. The Balaban J connectivity index is 1.68. The number of carbonyl (C=O) groups excluding carboxylic acids is 1. The van der Waals surface area contributed by atoms with Crippen LogP contribution in [0.4, 0.5) is 11.6 Å². The molecule has 1 N–H and O–H groups in total. The molecular formula is C15H17N5O2. The van der Waals surface area contributed by atoms with E-state index in [9.17, 15) is 4.79 Å². The first-order valence-electron chi connectivity index (χ1n) is 7.14. The first-order valence-corrected chi connectivity index (χ1v) is 7.14. The average molecular weight is 299 g/mol. The summed E-state index contributed by atoms with van der Waals surface area (Å²) in [5.74, 6) is 0.941. The van der Waals surface area contributed by atoms with Crippen molar-refractivity contribution in [1.29, 1.82) is 0 Å². The van der Waals surface area contributed by atoms with Crippen molar-refractivity contribution in [3.05, 3.63) is 41.7 Å². The number of hydrogen-bond donors (Lipinski definition) is 1. The molecule has 114 valence electrons. The summed E-state index contributed by atoms with van der Waals surface area (Å²) < 4.78 is 5.30. The Morgan fingerprint density at radius 2 is 2.00 bits per heavy atom. The van der Waals surface area contributed by atoms with Crippen molar-refractivity contribution in [1.82, 2.24) is 15.2 Å². The van der Waals surface area contributed by atoms with Crippen LogP contribution in [0.5, 0.6) is 0 Å². The fourth-order valence-corrected chi connectivity index (χ4v) is 2.20. The number of nitrogens with one attached hydrogen (secondary N) is 1. The molecule has 1 aliphatic heterocycles. The molecule has 2 aromatic heterocycles. The standard InChI is InChI=1S/C15H17N5O2/c1-11-3-2-4-13(16-11)17-15(21)12-5-6-14(19-18-12)20-7-9-22-10-8-20/h2-6H,7-10H2,1H3,(H,16,17,21). The van der Waals surface area contributed by atoms with E-state index >= 15 is 0 Å². The molecule has 0 aromatic carbocycles. The number of aryl methyl sites for hydroxylation is 1. The van der Waals surface area contributed by atoms with Crippen molar-refractivity contribution in [3.8, 4) is 0 Å². The van der Waals surface area contributed by atoms with Crippen molar-refractivity contribution in [2.45, 2.75) is 6.92 Å². The Kier molecular flexibility index (Phi) is 4.24. The van der Waals surface area contributed by atoms with Gasteiger partial charge < -0.3 is 15.0 Å². The number of morpholine rings is 1. The van der Waals surface area contributed by atoms with Crippen LogP contribution in [-0.2, 0) is 4.74 Å². The maximum absolute atomic E-state index is 12.1. The van der Waals surface area contributed by atoms with E-state index in [0.29, 0.717) is 19.0 Å². The van der Waals surface area contributed by atoms with Crippen LogP contribution >= 0.6 is 0 Å². The molecule has 7 heteroatoms. The molecule has 1 fully saturated rings. The van der Waals surface area contributed by atoms with Crippen LogP contribution < -0.4 is 10.2 Å². The first kappa shape index (κ1) is 14.4. The van der Waals surface area contributed by atoms with Gasteiger partial charge in [0.05, 0.1) is 13.2 Å². The topological polar surface area (TPSA) is 80.2 Å². The van der Waals surface area contributed by atoms with E-state index in [4.69, 9.17) is 4.74 Å². The molecule has 0 aliphatic carbocycles. The molecule has 0 spiro atoms. The minimum Gasteiger partial charge on any atom is -0.378 e. The highest BCUT2D eigenvalue weighted by molar-refractivity contribution is 6.02. The fourth-order valence-electron chi connectivity index (χ4n) is 2.20. The molecule has 7 nitrogen and oxygen atoms in total. The summed E-state index contributed by atoms with van der Waals surface area (Å²) in [6.07, 6.45) is 0. The van der Waals surface area contributed by atoms with E-state index in [1.54, 1.807) is 18.2 Å². The van der Waals surface area contributed by atoms with Gasteiger partial charge in [0.1, 0.15) is 5.82 Å². The Labute approximate surface area is 128 Å². The highest BCUT2D eigenvalue weighted by Crippen LogP contribution is 2.12. The van der Waals surface area contributed by atoms with E-state index in [-0.39, 0.29) is 11.6 Å². The summed E-state index contributed by atoms with van der Waals surface area (Å²) in [6, 6.07) is 8.91. The van der Waals surface area contributed by atoms with Crippen LogP contribution in [-0.4, -0.2) is 47.4 Å². The number of anilines is 2. The zero-order valence-corrected chi connectivity index (χ0v) is 12.3.